The zero-order valence-corrected chi connectivity index (χ0v) is 14.4. The number of nitriles is 1. The zero-order chi connectivity index (χ0) is 17.1. The molecular weight excluding hydrogens is 358 g/mol. The topological polar surface area (TPSA) is 80.3 Å². The maximum atomic E-state index is 9.34. The van der Waals surface area contributed by atoms with E-state index in [1.54, 1.807) is 17.2 Å². The van der Waals surface area contributed by atoms with Gasteiger partial charge in [0.2, 0.25) is 0 Å². The summed E-state index contributed by atoms with van der Waals surface area (Å²) in [7, 11) is 0. The molecule has 6 heteroatoms. The third kappa shape index (κ3) is 3.16. The van der Waals surface area contributed by atoms with Gasteiger partial charge < -0.3 is 14.7 Å². The summed E-state index contributed by atoms with van der Waals surface area (Å²) in [5.74, 6) is 0.506. The van der Waals surface area contributed by atoms with Gasteiger partial charge in [0.1, 0.15) is 23.8 Å². The predicted molar refractivity (Wildman–Crippen MR) is 92.6 cm³/mol. The minimum Gasteiger partial charge on any atom is -0.484 e. The second-order valence-electron chi connectivity index (χ2n) is 5.25. The third-order valence-corrected chi connectivity index (χ3v) is 4.81. The van der Waals surface area contributed by atoms with Crippen LogP contribution in [0.4, 0.5) is 0 Å². The van der Waals surface area contributed by atoms with Gasteiger partial charge in [-0.25, -0.2) is 0 Å². The van der Waals surface area contributed by atoms with E-state index in [1.807, 2.05) is 13.0 Å². The summed E-state index contributed by atoms with van der Waals surface area (Å²) in [6.07, 6.45) is 4.55. The number of ether oxygens (including phenoxy) is 1. The van der Waals surface area contributed by atoms with Crippen molar-refractivity contribution in [2.24, 2.45) is 5.92 Å². The number of aliphatic hydroxyl groups excluding tert-OH is 1. The van der Waals surface area contributed by atoms with Crippen LogP contribution in [0.25, 0.3) is 0 Å². The minimum atomic E-state index is -0.510. The summed E-state index contributed by atoms with van der Waals surface area (Å²) < 4.78 is 6.71. The Hall–Kier alpha value is -2.10. The fraction of sp³-hybridized carbons (Fsp3) is 0.294. The molecule has 0 aromatic heterocycles. The van der Waals surface area contributed by atoms with Crippen molar-refractivity contribution in [2.75, 3.05) is 13.2 Å². The van der Waals surface area contributed by atoms with Gasteiger partial charge in [-0.3, -0.25) is 5.41 Å². The Labute approximate surface area is 144 Å². The molecule has 2 unspecified atom stereocenters. The van der Waals surface area contributed by atoms with E-state index < -0.39 is 6.10 Å². The first-order valence-corrected chi connectivity index (χ1v) is 7.88. The smallest absolute Gasteiger partial charge is 0.148 e. The van der Waals surface area contributed by atoms with E-state index >= 15 is 0 Å². The fourth-order valence-corrected chi connectivity index (χ4v) is 2.76. The summed E-state index contributed by atoms with van der Waals surface area (Å²) in [6, 6.07) is 2.12. The van der Waals surface area contributed by atoms with Crippen molar-refractivity contribution in [1.82, 2.24) is 4.90 Å². The van der Waals surface area contributed by atoms with Crippen LogP contribution in [0.15, 0.2) is 58.5 Å². The number of amidine groups is 1. The van der Waals surface area contributed by atoms with Gasteiger partial charge in [0.15, 0.2) is 0 Å². The lowest BCUT2D eigenvalue weighted by atomic mass is 9.92. The molecule has 5 nitrogen and oxygen atoms in total. The quantitative estimate of drug-likeness (QED) is 0.723. The Bertz CT molecular complexity index is 697. The van der Waals surface area contributed by atoms with Crippen molar-refractivity contribution in [3.8, 4) is 6.07 Å². The fourth-order valence-electron chi connectivity index (χ4n) is 2.52. The number of nitrogens with zero attached hydrogens (tertiary/aromatic N) is 2. The second kappa shape index (κ2) is 6.99. The van der Waals surface area contributed by atoms with Gasteiger partial charge in [-0.1, -0.05) is 35.2 Å². The first-order valence-electron chi connectivity index (χ1n) is 7.09. The van der Waals surface area contributed by atoms with Gasteiger partial charge in [0.25, 0.3) is 0 Å². The van der Waals surface area contributed by atoms with Crippen molar-refractivity contribution in [3.05, 3.63) is 58.5 Å². The van der Waals surface area contributed by atoms with Crippen molar-refractivity contribution in [3.63, 3.8) is 0 Å². The molecule has 23 heavy (non-hydrogen) atoms. The molecule has 0 bridgehead atoms. The number of nitrogens with one attached hydrogen (secondary N) is 1. The standard InChI is InChI=1S/C17H18BrN3O2/c1-4-14(18)10(2)11(3)15-7-13-16(23-15)12(8-19)9-21(5-6-22)17(13)20/h4,7,9,13,16,20,22H,1,3,5-6H2,2H3/b14-10+,20-17?. The van der Waals surface area contributed by atoms with Crippen molar-refractivity contribution < 1.29 is 9.84 Å². The van der Waals surface area contributed by atoms with Crippen LogP contribution in [-0.4, -0.2) is 35.1 Å². The first-order chi connectivity index (χ1) is 10.9. The SMILES string of the molecule is C=C/C(Br)=C(/C)C(=C)C1=CC2C(=N)N(CCO)C=C(C#N)C2O1. The molecule has 0 saturated heterocycles. The van der Waals surface area contributed by atoms with E-state index in [1.165, 1.54) is 0 Å². The molecule has 0 radical (unpaired) electrons. The molecule has 2 aliphatic rings. The average molecular weight is 376 g/mol. The van der Waals surface area contributed by atoms with Gasteiger partial charge in [0.05, 0.1) is 18.1 Å². The molecule has 2 N–H and O–H groups in total. The molecule has 2 rings (SSSR count). The van der Waals surface area contributed by atoms with Crippen LogP contribution in [0.5, 0.6) is 0 Å². The Kier molecular flexibility index (Phi) is 5.24. The molecule has 0 saturated carbocycles. The third-order valence-electron chi connectivity index (χ3n) is 3.90. The van der Waals surface area contributed by atoms with Gasteiger partial charge in [0, 0.05) is 22.8 Å². The largest absolute Gasteiger partial charge is 0.484 e. The lowest BCUT2D eigenvalue weighted by Gasteiger charge is -2.32. The van der Waals surface area contributed by atoms with Gasteiger partial charge in [-0.2, -0.15) is 5.26 Å². The Morgan fingerprint density at radius 3 is 2.91 bits per heavy atom. The summed E-state index contributed by atoms with van der Waals surface area (Å²) in [5.41, 5.74) is 2.00. The Morgan fingerprint density at radius 2 is 2.35 bits per heavy atom. The number of β-amino-alcohol motifs (C(OH)–C–C–N with tert-alkyl or cyclic N) is 1. The van der Waals surface area contributed by atoms with Crippen LogP contribution in [0.1, 0.15) is 6.92 Å². The maximum absolute atomic E-state index is 9.34. The van der Waals surface area contributed by atoms with E-state index in [0.717, 1.165) is 10.1 Å². The molecule has 0 amide bonds. The average Bonchev–Trinajstić information content (AvgIpc) is 3.01. The molecule has 0 spiro atoms. The predicted octanol–water partition coefficient (Wildman–Crippen LogP) is 2.99. The van der Waals surface area contributed by atoms with Gasteiger partial charge in [-0.05, 0) is 18.6 Å². The molecule has 0 fully saturated rings. The normalized spacial score (nSPS) is 23.9. The summed E-state index contributed by atoms with van der Waals surface area (Å²) in [5, 5.41) is 26.7. The highest BCUT2D eigenvalue weighted by molar-refractivity contribution is 9.11. The molecule has 0 aliphatic carbocycles. The van der Waals surface area contributed by atoms with E-state index in [9.17, 15) is 5.26 Å². The summed E-state index contributed by atoms with van der Waals surface area (Å²) >= 11 is 3.41. The van der Waals surface area contributed by atoms with Crippen LogP contribution >= 0.6 is 15.9 Å². The van der Waals surface area contributed by atoms with Crippen LogP contribution in [-0.2, 0) is 4.74 Å². The lowest BCUT2D eigenvalue weighted by Crippen LogP contribution is -2.42. The molecule has 0 aromatic carbocycles. The monoisotopic (exact) mass is 375 g/mol. The number of aliphatic hydroxyl groups is 1. The van der Waals surface area contributed by atoms with Crippen molar-refractivity contribution in [1.29, 1.82) is 10.7 Å². The summed E-state index contributed by atoms with van der Waals surface area (Å²) in [4.78, 5) is 1.58. The molecule has 120 valence electrons. The number of hydrogen-bond acceptors (Lipinski definition) is 4. The van der Waals surface area contributed by atoms with Crippen LogP contribution < -0.4 is 0 Å². The second-order valence-corrected chi connectivity index (χ2v) is 6.10. The molecule has 2 aliphatic heterocycles. The Morgan fingerprint density at radius 1 is 1.65 bits per heavy atom. The van der Waals surface area contributed by atoms with E-state index in [2.05, 4.69) is 35.2 Å². The summed E-state index contributed by atoms with van der Waals surface area (Å²) in [6.45, 7) is 9.83. The molecule has 2 atom stereocenters. The van der Waals surface area contributed by atoms with Crippen LogP contribution in [0.3, 0.4) is 0 Å². The van der Waals surface area contributed by atoms with Gasteiger partial charge >= 0.3 is 0 Å². The lowest BCUT2D eigenvalue weighted by molar-refractivity contribution is 0.157. The molecule has 2 heterocycles. The Balaban J connectivity index is 2.34. The van der Waals surface area contributed by atoms with Crippen molar-refractivity contribution in [2.45, 2.75) is 13.0 Å². The van der Waals surface area contributed by atoms with Crippen molar-refractivity contribution >= 4 is 21.8 Å². The number of hydrogen-bond donors (Lipinski definition) is 2. The number of halogens is 1. The van der Waals surface area contributed by atoms with E-state index in [-0.39, 0.29) is 19.1 Å². The van der Waals surface area contributed by atoms with Crippen LogP contribution in [0.2, 0.25) is 0 Å². The highest BCUT2D eigenvalue weighted by atomic mass is 79.9. The zero-order valence-electron chi connectivity index (χ0n) is 12.8. The molecule has 0 aromatic rings. The minimum absolute atomic E-state index is 0.0900. The van der Waals surface area contributed by atoms with E-state index in [0.29, 0.717) is 22.7 Å². The highest BCUT2D eigenvalue weighted by Gasteiger charge is 2.41. The van der Waals surface area contributed by atoms with Gasteiger partial charge in [-0.15, -0.1) is 0 Å². The highest BCUT2D eigenvalue weighted by Crippen LogP contribution is 2.38. The number of rotatable bonds is 5. The molecular formula is C17H18BrN3O2. The van der Waals surface area contributed by atoms with Crippen LogP contribution in [0, 0.1) is 22.7 Å². The number of fused-ring (bicyclic) bond motifs is 1. The van der Waals surface area contributed by atoms with E-state index in [4.69, 9.17) is 15.3 Å². The first kappa shape index (κ1) is 17.3. The maximum Gasteiger partial charge on any atom is 0.148 e. The number of allylic oxidation sites excluding steroid dienone is 3.